The van der Waals surface area contributed by atoms with Gasteiger partial charge in [-0.1, -0.05) is 25.1 Å². The first-order chi connectivity index (χ1) is 8.92. The number of amides is 1. The molecule has 1 unspecified atom stereocenters. The van der Waals surface area contributed by atoms with Crippen LogP contribution in [0.25, 0.3) is 0 Å². The van der Waals surface area contributed by atoms with Crippen LogP contribution in [0.4, 0.5) is 0 Å². The monoisotopic (exact) mass is 265 g/mol. The molecule has 0 aliphatic rings. The number of hydrogen-bond acceptors (Lipinski definition) is 3. The predicted molar refractivity (Wildman–Crippen MR) is 71.2 cm³/mol. The molecule has 5 heteroatoms. The Hall–Kier alpha value is -2.04. The van der Waals surface area contributed by atoms with Gasteiger partial charge in [0.25, 0.3) is 0 Å². The molecule has 0 heterocycles. The molecular weight excluding hydrogens is 246 g/mol. The zero-order chi connectivity index (χ0) is 14.5. The highest BCUT2D eigenvalue weighted by Crippen LogP contribution is 2.18. The van der Waals surface area contributed by atoms with Gasteiger partial charge >= 0.3 is 5.97 Å². The normalized spacial score (nSPS) is 13.4. The molecule has 0 saturated heterocycles. The molecule has 1 aromatic carbocycles. The second-order valence-electron chi connectivity index (χ2n) is 4.53. The van der Waals surface area contributed by atoms with Crippen LogP contribution in [0.1, 0.15) is 25.8 Å². The molecular formula is C14H19NO4. The number of carboxylic acid groups (broad SMARTS) is 1. The van der Waals surface area contributed by atoms with Gasteiger partial charge in [-0.25, -0.2) is 4.79 Å². The fourth-order valence-electron chi connectivity index (χ4n) is 1.67. The van der Waals surface area contributed by atoms with Crippen molar-refractivity contribution in [3.8, 4) is 5.75 Å². The maximum atomic E-state index is 11.9. The summed E-state index contributed by atoms with van der Waals surface area (Å²) in [7, 11) is 1.53. The lowest BCUT2D eigenvalue weighted by molar-refractivity contribution is -0.146. The third-order valence-electron chi connectivity index (χ3n) is 3.14. The Morgan fingerprint density at radius 2 is 2.00 bits per heavy atom. The Labute approximate surface area is 112 Å². The average molecular weight is 265 g/mol. The molecule has 0 aromatic heterocycles. The van der Waals surface area contributed by atoms with Crippen molar-refractivity contribution in [2.45, 2.75) is 32.2 Å². The topological polar surface area (TPSA) is 75.6 Å². The number of benzene rings is 1. The number of carbonyl (C=O) groups excluding carboxylic acids is 1. The van der Waals surface area contributed by atoms with E-state index in [1.54, 1.807) is 25.1 Å². The highest BCUT2D eigenvalue weighted by Gasteiger charge is 2.32. The Kier molecular flexibility index (Phi) is 4.92. The summed E-state index contributed by atoms with van der Waals surface area (Å²) in [4.78, 5) is 23.1. The van der Waals surface area contributed by atoms with E-state index in [-0.39, 0.29) is 12.3 Å². The van der Waals surface area contributed by atoms with Crippen molar-refractivity contribution in [2.75, 3.05) is 7.11 Å². The summed E-state index contributed by atoms with van der Waals surface area (Å²) in [5.41, 5.74) is -0.509. The van der Waals surface area contributed by atoms with Crippen LogP contribution in [0.3, 0.4) is 0 Å². The van der Waals surface area contributed by atoms with Crippen LogP contribution in [0, 0.1) is 0 Å². The summed E-state index contributed by atoms with van der Waals surface area (Å²) >= 11 is 0. The third-order valence-corrected chi connectivity index (χ3v) is 3.14. The molecule has 0 saturated carbocycles. The zero-order valence-electron chi connectivity index (χ0n) is 11.4. The van der Waals surface area contributed by atoms with Crippen LogP contribution in [0.15, 0.2) is 24.3 Å². The van der Waals surface area contributed by atoms with Gasteiger partial charge in [-0.3, -0.25) is 4.79 Å². The second kappa shape index (κ2) is 6.22. The van der Waals surface area contributed by atoms with E-state index in [9.17, 15) is 9.59 Å². The van der Waals surface area contributed by atoms with Gasteiger partial charge in [0, 0.05) is 5.56 Å². The first-order valence-corrected chi connectivity index (χ1v) is 6.09. The number of para-hydroxylation sites is 1. The Morgan fingerprint density at radius 3 is 2.53 bits per heavy atom. The van der Waals surface area contributed by atoms with E-state index in [4.69, 9.17) is 9.84 Å². The van der Waals surface area contributed by atoms with Crippen LogP contribution >= 0.6 is 0 Å². The van der Waals surface area contributed by atoms with E-state index in [2.05, 4.69) is 5.32 Å². The fraction of sp³-hybridized carbons (Fsp3) is 0.429. The maximum absolute atomic E-state index is 11.9. The summed E-state index contributed by atoms with van der Waals surface area (Å²) in [6, 6.07) is 7.16. The van der Waals surface area contributed by atoms with E-state index >= 15 is 0 Å². The van der Waals surface area contributed by atoms with Crippen molar-refractivity contribution in [2.24, 2.45) is 0 Å². The number of carboxylic acids is 1. The number of hydrogen-bond donors (Lipinski definition) is 2. The van der Waals surface area contributed by atoms with Gasteiger partial charge < -0.3 is 15.2 Å². The minimum absolute atomic E-state index is 0.0902. The standard InChI is InChI=1S/C14H19NO4/c1-4-14(2,13(17)18)15-12(16)9-10-7-5-6-8-11(10)19-3/h5-8H,4,9H2,1-3H3,(H,15,16)(H,17,18). The van der Waals surface area contributed by atoms with Crippen LogP contribution in [0.2, 0.25) is 0 Å². The quantitative estimate of drug-likeness (QED) is 0.819. The first-order valence-electron chi connectivity index (χ1n) is 6.09. The molecule has 1 amide bonds. The lowest BCUT2D eigenvalue weighted by atomic mass is 9.98. The first kappa shape index (κ1) is 15.0. The highest BCUT2D eigenvalue weighted by molar-refractivity contribution is 5.87. The molecule has 0 bridgehead atoms. The van der Waals surface area contributed by atoms with Gasteiger partial charge in [-0.2, -0.15) is 0 Å². The van der Waals surface area contributed by atoms with Crippen molar-refractivity contribution >= 4 is 11.9 Å². The van der Waals surface area contributed by atoms with Gasteiger partial charge in [0.2, 0.25) is 5.91 Å². The fourth-order valence-corrected chi connectivity index (χ4v) is 1.67. The van der Waals surface area contributed by atoms with Crippen LogP contribution in [0.5, 0.6) is 5.75 Å². The molecule has 1 atom stereocenters. The number of aliphatic carboxylic acids is 1. The minimum Gasteiger partial charge on any atom is -0.496 e. The summed E-state index contributed by atoms with van der Waals surface area (Å²) in [5, 5.41) is 11.7. The molecule has 0 spiro atoms. The molecule has 19 heavy (non-hydrogen) atoms. The Morgan fingerprint density at radius 1 is 1.37 bits per heavy atom. The van der Waals surface area contributed by atoms with Crippen molar-refractivity contribution in [3.05, 3.63) is 29.8 Å². The van der Waals surface area contributed by atoms with Crippen molar-refractivity contribution in [3.63, 3.8) is 0 Å². The number of rotatable bonds is 6. The third kappa shape index (κ3) is 3.71. The highest BCUT2D eigenvalue weighted by atomic mass is 16.5. The van der Waals surface area contributed by atoms with Crippen molar-refractivity contribution in [1.29, 1.82) is 0 Å². The molecule has 0 aliphatic carbocycles. The smallest absolute Gasteiger partial charge is 0.329 e. The van der Waals surface area contributed by atoms with Gasteiger partial charge in [0.15, 0.2) is 0 Å². The molecule has 0 aliphatic heterocycles. The molecule has 2 N–H and O–H groups in total. The van der Waals surface area contributed by atoms with E-state index in [0.717, 1.165) is 5.56 Å². The van der Waals surface area contributed by atoms with Crippen LogP contribution in [-0.2, 0) is 16.0 Å². The SMILES string of the molecule is CCC(C)(NC(=O)Cc1ccccc1OC)C(=O)O. The summed E-state index contributed by atoms with van der Waals surface area (Å²) in [6.07, 6.45) is 0.410. The summed E-state index contributed by atoms with van der Waals surface area (Å²) in [6.45, 7) is 3.22. The number of methoxy groups -OCH3 is 1. The van der Waals surface area contributed by atoms with Gasteiger partial charge in [0.05, 0.1) is 13.5 Å². The molecule has 1 rings (SSSR count). The minimum atomic E-state index is -1.24. The van der Waals surface area contributed by atoms with Gasteiger partial charge in [0.1, 0.15) is 11.3 Å². The largest absolute Gasteiger partial charge is 0.496 e. The molecule has 104 valence electrons. The summed E-state index contributed by atoms with van der Waals surface area (Å²) in [5.74, 6) is -0.759. The van der Waals surface area contributed by atoms with E-state index in [1.165, 1.54) is 14.0 Å². The number of ether oxygens (including phenoxy) is 1. The molecule has 5 nitrogen and oxygen atoms in total. The molecule has 1 aromatic rings. The zero-order valence-corrected chi connectivity index (χ0v) is 11.4. The van der Waals surface area contributed by atoms with Gasteiger partial charge in [-0.05, 0) is 19.4 Å². The maximum Gasteiger partial charge on any atom is 0.329 e. The van der Waals surface area contributed by atoms with Crippen LogP contribution < -0.4 is 10.1 Å². The van der Waals surface area contributed by atoms with Crippen molar-refractivity contribution in [1.82, 2.24) is 5.32 Å². The molecule has 0 radical (unpaired) electrons. The van der Waals surface area contributed by atoms with Gasteiger partial charge in [-0.15, -0.1) is 0 Å². The second-order valence-corrected chi connectivity index (χ2v) is 4.53. The van der Waals surface area contributed by atoms with Crippen molar-refractivity contribution < 1.29 is 19.4 Å². The number of nitrogens with one attached hydrogen (secondary N) is 1. The number of carbonyl (C=O) groups is 2. The summed E-state index contributed by atoms with van der Waals surface area (Å²) < 4.78 is 5.15. The van der Waals surface area contributed by atoms with E-state index in [1.807, 2.05) is 6.07 Å². The van der Waals surface area contributed by atoms with E-state index < -0.39 is 11.5 Å². The Balaban J connectivity index is 2.78. The lowest BCUT2D eigenvalue weighted by Gasteiger charge is -2.24. The average Bonchev–Trinajstić information content (AvgIpc) is 2.38. The molecule has 0 fully saturated rings. The lowest BCUT2D eigenvalue weighted by Crippen LogP contribution is -2.52. The Bertz CT molecular complexity index is 472. The van der Waals surface area contributed by atoms with E-state index in [0.29, 0.717) is 12.2 Å². The predicted octanol–water partition coefficient (Wildman–Crippen LogP) is 1.61. The van der Waals surface area contributed by atoms with Crippen LogP contribution in [-0.4, -0.2) is 29.6 Å².